The highest BCUT2D eigenvalue weighted by atomic mass is 16.4. The maximum absolute atomic E-state index is 12.5. The van der Waals surface area contributed by atoms with Crippen LogP contribution in [0.4, 0.5) is 4.79 Å². The number of likely N-dealkylation sites (tertiary alicyclic amines) is 1. The zero-order valence-corrected chi connectivity index (χ0v) is 12.5. The number of nitrogens with one attached hydrogen (secondary N) is 1. The number of piperidine rings is 1. The lowest BCUT2D eigenvalue weighted by molar-refractivity contribution is -0.146. The van der Waals surface area contributed by atoms with Crippen LogP contribution in [0.15, 0.2) is 0 Å². The predicted molar refractivity (Wildman–Crippen MR) is 76.5 cm³/mol. The molecular formula is C15H26N2O3. The lowest BCUT2D eigenvalue weighted by Crippen LogP contribution is -2.60. The van der Waals surface area contributed by atoms with Gasteiger partial charge in [-0.1, -0.05) is 26.2 Å². The Hall–Kier alpha value is -1.26. The van der Waals surface area contributed by atoms with Gasteiger partial charge in [-0.05, 0) is 38.5 Å². The number of carbonyl (C=O) groups is 2. The fourth-order valence-electron chi connectivity index (χ4n) is 3.40. The van der Waals surface area contributed by atoms with Crippen LogP contribution in [0.5, 0.6) is 0 Å². The van der Waals surface area contributed by atoms with Gasteiger partial charge >= 0.3 is 12.0 Å². The van der Waals surface area contributed by atoms with E-state index in [9.17, 15) is 14.7 Å². The van der Waals surface area contributed by atoms with Crippen LogP contribution in [-0.4, -0.2) is 40.1 Å². The maximum atomic E-state index is 12.5. The number of carboxylic acid groups (broad SMARTS) is 1. The molecule has 2 rings (SSSR count). The second-order valence-electron chi connectivity index (χ2n) is 6.56. The molecule has 5 nitrogen and oxygen atoms in total. The average Bonchev–Trinajstić information content (AvgIpc) is 2.42. The van der Waals surface area contributed by atoms with Gasteiger partial charge in [0.1, 0.15) is 5.54 Å². The summed E-state index contributed by atoms with van der Waals surface area (Å²) in [5, 5.41) is 12.4. The van der Waals surface area contributed by atoms with Crippen LogP contribution in [0.1, 0.15) is 58.8 Å². The van der Waals surface area contributed by atoms with Crippen LogP contribution < -0.4 is 5.32 Å². The van der Waals surface area contributed by atoms with Gasteiger partial charge in [-0.15, -0.1) is 0 Å². The number of nitrogens with zero attached hydrogens (tertiary/aromatic N) is 1. The van der Waals surface area contributed by atoms with Crippen molar-refractivity contribution >= 4 is 12.0 Å². The number of hydrogen-bond donors (Lipinski definition) is 2. The minimum atomic E-state index is -1.05. The molecule has 0 aromatic rings. The number of aliphatic carboxylic acids is 1. The first-order valence-corrected chi connectivity index (χ1v) is 7.77. The van der Waals surface area contributed by atoms with Crippen LogP contribution in [0, 0.1) is 5.92 Å². The van der Waals surface area contributed by atoms with Crippen LogP contribution in [-0.2, 0) is 4.79 Å². The molecule has 2 fully saturated rings. The van der Waals surface area contributed by atoms with E-state index in [1.165, 1.54) is 0 Å². The smallest absolute Gasteiger partial charge is 0.329 e. The third-order valence-corrected chi connectivity index (χ3v) is 4.84. The molecule has 0 aromatic carbocycles. The Labute approximate surface area is 120 Å². The Kier molecular flexibility index (Phi) is 4.55. The van der Waals surface area contributed by atoms with Crippen molar-refractivity contribution < 1.29 is 14.7 Å². The molecule has 0 spiro atoms. The first kappa shape index (κ1) is 15.1. The molecule has 2 aliphatic rings. The first-order chi connectivity index (χ1) is 9.44. The minimum absolute atomic E-state index is 0.195. The van der Waals surface area contributed by atoms with Gasteiger partial charge in [0.25, 0.3) is 0 Å². The second kappa shape index (κ2) is 6.02. The molecule has 0 radical (unpaired) electrons. The third kappa shape index (κ3) is 3.07. The highest BCUT2D eigenvalue weighted by Crippen LogP contribution is 2.29. The summed E-state index contributed by atoms with van der Waals surface area (Å²) in [4.78, 5) is 25.9. The molecular weight excluding hydrogens is 256 g/mol. The monoisotopic (exact) mass is 282 g/mol. The molecule has 0 bridgehead atoms. The van der Waals surface area contributed by atoms with Crippen LogP contribution >= 0.6 is 0 Å². The SMILES string of the molecule is CC1CCC(C)N(C(=O)NC2(C(=O)O)CCCCC2)C1. The largest absolute Gasteiger partial charge is 0.480 e. The van der Waals surface area contributed by atoms with Crippen molar-refractivity contribution in [2.75, 3.05) is 6.54 Å². The van der Waals surface area contributed by atoms with Gasteiger partial charge in [0.05, 0.1) is 0 Å². The van der Waals surface area contributed by atoms with Crippen LogP contribution in [0.3, 0.4) is 0 Å². The van der Waals surface area contributed by atoms with Crippen molar-refractivity contribution in [3.8, 4) is 0 Å². The van der Waals surface area contributed by atoms with E-state index in [4.69, 9.17) is 0 Å². The van der Waals surface area contributed by atoms with Gasteiger partial charge in [-0.25, -0.2) is 9.59 Å². The summed E-state index contributed by atoms with van der Waals surface area (Å²) in [6.45, 7) is 4.90. The number of carboxylic acids is 1. The number of amides is 2. The fraction of sp³-hybridized carbons (Fsp3) is 0.867. The summed E-state index contributed by atoms with van der Waals surface area (Å²) in [7, 11) is 0. The van der Waals surface area contributed by atoms with Crippen LogP contribution in [0.25, 0.3) is 0 Å². The number of urea groups is 1. The molecule has 1 aliphatic heterocycles. The van der Waals surface area contributed by atoms with E-state index in [1.54, 1.807) is 0 Å². The molecule has 2 atom stereocenters. The quantitative estimate of drug-likeness (QED) is 0.818. The Morgan fingerprint density at radius 3 is 2.40 bits per heavy atom. The van der Waals surface area contributed by atoms with Crippen molar-refractivity contribution in [3.05, 3.63) is 0 Å². The lowest BCUT2D eigenvalue weighted by Gasteiger charge is -2.40. The topological polar surface area (TPSA) is 69.6 Å². The lowest BCUT2D eigenvalue weighted by atomic mass is 9.81. The summed E-state index contributed by atoms with van der Waals surface area (Å²) < 4.78 is 0. The van der Waals surface area contributed by atoms with Crippen LogP contribution in [0.2, 0.25) is 0 Å². The number of hydrogen-bond acceptors (Lipinski definition) is 2. The normalized spacial score (nSPS) is 29.8. The molecule has 2 unspecified atom stereocenters. The predicted octanol–water partition coefficient (Wildman–Crippen LogP) is 2.60. The van der Waals surface area contributed by atoms with Gasteiger partial charge in [0, 0.05) is 12.6 Å². The summed E-state index contributed by atoms with van der Waals surface area (Å²) >= 11 is 0. The van der Waals surface area contributed by atoms with Gasteiger partial charge < -0.3 is 15.3 Å². The highest BCUT2D eigenvalue weighted by molar-refractivity contribution is 5.86. The molecule has 1 aliphatic carbocycles. The van der Waals surface area contributed by atoms with Crippen molar-refractivity contribution in [1.29, 1.82) is 0 Å². The Morgan fingerprint density at radius 2 is 1.80 bits per heavy atom. The Balaban J connectivity index is 2.06. The Morgan fingerprint density at radius 1 is 1.15 bits per heavy atom. The molecule has 2 amide bonds. The van der Waals surface area contributed by atoms with Gasteiger partial charge in [0.15, 0.2) is 0 Å². The molecule has 0 aromatic heterocycles. The van der Waals surface area contributed by atoms with Crippen molar-refractivity contribution in [2.24, 2.45) is 5.92 Å². The van der Waals surface area contributed by atoms with E-state index in [2.05, 4.69) is 12.2 Å². The highest BCUT2D eigenvalue weighted by Gasteiger charge is 2.42. The molecule has 114 valence electrons. The van der Waals surface area contributed by atoms with E-state index in [1.807, 2.05) is 11.8 Å². The van der Waals surface area contributed by atoms with Gasteiger partial charge in [-0.3, -0.25) is 0 Å². The Bertz CT molecular complexity index is 377. The van der Waals surface area contributed by atoms with Gasteiger partial charge in [0.2, 0.25) is 0 Å². The zero-order chi connectivity index (χ0) is 14.8. The summed E-state index contributed by atoms with van der Waals surface area (Å²) in [6.07, 6.45) is 6.03. The average molecular weight is 282 g/mol. The van der Waals surface area contributed by atoms with E-state index in [0.29, 0.717) is 18.8 Å². The molecule has 1 saturated heterocycles. The van der Waals surface area contributed by atoms with Crippen molar-refractivity contribution in [2.45, 2.75) is 70.4 Å². The van der Waals surface area contributed by atoms with Gasteiger partial charge in [-0.2, -0.15) is 0 Å². The third-order valence-electron chi connectivity index (χ3n) is 4.84. The minimum Gasteiger partial charge on any atom is -0.480 e. The van der Waals surface area contributed by atoms with E-state index in [0.717, 1.165) is 38.6 Å². The van der Waals surface area contributed by atoms with E-state index in [-0.39, 0.29) is 12.1 Å². The van der Waals surface area contributed by atoms with Crippen molar-refractivity contribution in [1.82, 2.24) is 10.2 Å². The number of rotatable bonds is 2. The standard InChI is InChI=1S/C15H26N2O3/c1-11-6-7-12(2)17(10-11)14(20)16-15(13(18)19)8-4-3-5-9-15/h11-12H,3-10H2,1-2H3,(H,16,20)(H,18,19). The maximum Gasteiger partial charge on any atom is 0.329 e. The summed E-state index contributed by atoms with van der Waals surface area (Å²) in [5.41, 5.74) is -1.05. The zero-order valence-electron chi connectivity index (χ0n) is 12.5. The van der Waals surface area contributed by atoms with E-state index < -0.39 is 11.5 Å². The molecule has 5 heteroatoms. The first-order valence-electron chi connectivity index (χ1n) is 7.77. The molecule has 20 heavy (non-hydrogen) atoms. The van der Waals surface area contributed by atoms with E-state index >= 15 is 0 Å². The molecule has 1 heterocycles. The number of carbonyl (C=O) groups excluding carboxylic acids is 1. The second-order valence-corrected chi connectivity index (χ2v) is 6.56. The summed E-state index contributed by atoms with van der Waals surface area (Å²) in [5.74, 6) is -0.396. The fourth-order valence-corrected chi connectivity index (χ4v) is 3.40. The molecule has 1 saturated carbocycles. The molecule has 2 N–H and O–H groups in total. The summed E-state index contributed by atoms with van der Waals surface area (Å²) in [6, 6.07) is -0.00557. The van der Waals surface area contributed by atoms with Crippen molar-refractivity contribution in [3.63, 3.8) is 0 Å².